The Bertz CT molecular complexity index is 1220. The van der Waals surface area contributed by atoms with Crippen LogP contribution in [0.5, 0.6) is 0 Å². The van der Waals surface area contributed by atoms with Gasteiger partial charge >= 0.3 is 5.97 Å². The van der Waals surface area contributed by atoms with Crippen molar-refractivity contribution in [3.8, 4) is 0 Å². The van der Waals surface area contributed by atoms with E-state index in [4.69, 9.17) is 16.7 Å². The number of thioether (sulfide) groups is 1. The molecule has 1 aliphatic heterocycles. The summed E-state index contributed by atoms with van der Waals surface area (Å²) in [6.07, 6.45) is 1.43. The average molecular weight is 467 g/mol. The van der Waals surface area contributed by atoms with Gasteiger partial charge in [-0.15, -0.1) is 0 Å². The van der Waals surface area contributed by atoms with E-state index in [0.717, 1.165) is 17.3 Å². The summed E-state index contributed by atoms with van der Waals surface area (Å²) in [4.78, 5) is 30.7. The lowest BCUT2D eigenvalue weighted by atomic mass is 10.1. The van der Waals surface area contributed by atoms with E-state index in [0.29, 0.717) is 10.9 Å². The van der Waals surface area contributed by atoms with Gasteiger partial charge in [-0.2, -0.15) is 0 Å². The maximum absolute atomic E-state index is 14.3. The minimum atomic E-state index is -1.03. The number of amides is 1. The number of rotatable bonds is 5. The highest BCUT2D eigenvalue weighted by atomic mass is 35.5. The molecule has 0 unspecified atom stereocenters. The molecule has 160 valence electrons. The zero-order valence-electron chi connectivity index (χ0n) is 16.5. The van der Waals surface area contributed by atoms with Crippen LogP contribution in [-0.4, -0.2) is 27.1 Å². The Balaban J connectivity index is 1.71. The van der Waals surface area contributed by atoms with E-state index in [9.17, 15) is 14.0 Å². The second-order valence-electron chi connectivity index (χ2n) is 6.87. The quantitative estimate of drug-likeness (QED) is 0.469. The van der Waals surface area contributed by atoms with Gasteiger partial charge in [0.25, 0.3) is 5.91 Å². The van der Waals surface area contributed by atoms with Gasteiger partial charge in [0.05, 0.1) is 27.7 Å². The monoisotopic (exact) mass is 466 g/mol. The summed E-state index contributed by atoms with van der Waals surface area (Å²) in [5, 5.41) is 9.73. The summed E-state index contributed by atoms with van der Waals surface area (Å²) in [7, 11) is 0. The third kappa shape index (κ3) is 4.74. The molecule has 0 radical (unpaired) electrons. The van der Waals surface area contributed by atoms with Crippen molar-refractivity contribution in [3.63, 3.8) is 0 Å². The SMILES string of the molecule is O=C(O)c1ccc(CN2C(=O)/C(=C/c3c(F)cccc3Cl)SC2=Nc2ccccc2)cc1. The molecule has 0 spiro atoms. The number of benzene rings is 3. The number of carbonyl (C=O) groups is 2. The number of hydrogen-bond acceptors (Lipinski definition) is 4. The van der Waals surface area contributed by atoms with Gasteiger partial charge in [0.1, 0.15) is 5.82 Å². The Labute approximate surface area is 192 Å². The van der Waals surface area contributed by atoms with E-state index in [-0.39, 0.29) is 33.5 Å². The van der Waals surface area contributed by atoms with E-state index in [1.807, 2.05) is 30.3 Å². The molecule has 5 nitrogen and oxygen atoms in total. The van der Waals surface area contributed by atoms with Crippen LogP contribution in [0.3, 0.4) is 0 Å². The Morgan fingerprint density at radius 2 is 1.78 bits per heavy atom. The molecule has 1 N–H and O–H groups in total. The Kier molecular flexibility index (Phi) is 6.39. The summed E-state index contributed by atoms with van der Waals surface area (Å²) in [5.74, 6) is -1.89. The van der Waals surface area contributed by atoms with Gasteiger partial charge in [0.2, 0.25) is 0 Å². The van der Waals surface area contributed by atoms with Gasteiger partial charge in [0, 0.05) is 5.56 Å². The van der Waals surface area contributed by atoms with Crippen LogP contribution in [0.4, 0.5) is 10.1 Å². The second-order valence-corrected chi connectivity index (χ2v) is 8.29. The van der Waals surface area contributed by atoms with Crippen molar-refractivity contribution in [2.75, 3.05) is 0 Å². The van der Waals surface area contributed by atoms with Crippen LogP contribution in [0, 0.1) is 5.82 Å². The number of carbonyl (C=O) groups excluding carboxylic acids is 1. The zero-order chi connectivity index (χ0) is 22.7. The lowest BCUT2D eigenvalue weighted by molar-refractivity contribution is -0.122. The van der Waals surface area contributed by atoms with Gasteiger partial charge in [-0.3, -0.25) is 9.69 Å². The molecule has 0 aliphatic carbocycles. The van der Waals surface area contributed by atoms with Gasteiger partial charge in [-0.25, -0.2) is 14.2 Å². The standard InChI is InChI=1S/C24H16ClFN2O3S/c25-19-7-4-8-20(26)18(19)13-21-22(29)28(14-15-9-11-16(12-10-15)23(30)31)24(32-21)27-17-5-2-1-3-6-17/h1-13H,14H2,(H,30,31)/b21-13-,27-24?. The minimum Gasteiger partial charge on any atom is -0.478 e. The van der Waals surface area contributed by atoms with Crippen LogP contribution in [0.1, 0.15) is 21.5 Å². The number of aromatic carboxylic acids is 1. The highest BCUT2D eigenvalue weighted by molar-refractivity contribution is 8.18. The van der Waals surface area contributed by atoms with Crippen molar-refractivity contribution < 1.29 is 19.1 Å². The first kappa shape index (κ1) is 21.8. The number of aliphatic imine (C=N–C) groups is 1. The number of hydrogen-bond donors (Lipinski definition) is 1. The molecule has 0 atom stereocenters. The van der Waals surface area contributed by atoms with Crippen LogP contribution in [0.2, 0.25) is 5.02 Å². The van der Waals surface area contributed by atoms with Crippen molar-refractivity contribution in [2.45, 2.75) is 6.54 Å². The van der Waals surface area contributed by atoms with E-state index >= 15 is 0 Å². The molecule has 0 saturated carbocycles. The van der Waals surface area contributed by atoms with Gasteiger partial charge < -0.3 is 5.11 Å². The fraction of sp³-hybridized carbons (Fsp3) is 0.0417. The van der Waals surface area contributed by atoms with E-state index in [1.54, 1.807) is 18.2 Å². The number of nitrogens with zero attached hydrogens (tertiary/aromatic N) is 2. The predicted molar refractivity (Wildman–Crippen MR) is 124 cm³/mol. The molecule has 0 bridgehead atoms. The summed E-state index contributed by atoms with van der Waals surface area (Å²) >= 11 is 7.26. The van der Waals surface area contributed by atoms with Gasteiger partial charge in [-0.05, 0) is 59.8 Å². The van der Waals surface area contributed by atoms with Crippen molar-refractivity contribution in [1.82, 2.24) is 4.90 Å². The smallest absolute Gasteiger partial charge is 0.335 e. The average Bonchev–Trinajstić information content (AvgIpc) is 3.06. The number of para-hydroxylation sites is 1. The van der Waals surface area contributed by atoms with Crippen LogP contribution in [-0.2, 0) is 11.3 Å². The highest BCUT2D eigenvalue weighted by Gasteiger charge is 2.34. The van der Waals surface area contributed by atoms with Crippen molar-refractivity contribution in [3.05, 3.63) is 105 Å². The molecule has 32 heavy (non-hydrogen) atoms. The van der Waals surface area contributed by atoms with Crippen LogP contribution in [0.15, 0.2) is 82.7 Å². The topological polar surface area (TPSA) is 70.0 Å². The van der Waals surface area contributed by atoms with Crippen molar-refractivity contribution >= 4 is 52.2 Å². The molecular weight excluding hydrogens is 451 g/mol. The summed E-state index contributed by atoms with van der Waals surface area (Å²) < 4.78 is 14.3. The number of carboxylic acids is 1. The predicted octanol–water partition coefficient (Wildman–Crippen LogP) is 5.98. The molecule has 1 saturated heterocycles. The molecular formula is C24H16ClFN2O3S. The van der Waals surface area contributed by atoms with Gasteiger partial charge in [0.15, 0.2) is 5.17 Å². The van der Waals surface area contributed by atoms with Crippen molar-refractivity contribution in [2.24, 2.45) is 4.99 Å². The summed E-state index contributed by atoms with van der Waals surface area (Å²) in [6.45, 7) is 0.180. The maximum atomic E-state index is 14.3. The third-order valence-electron chi connectivity index (χ3n) is 4.69. The molecule has 4 rings (SSSR count). The molecule has 1 amide bonds. The Hall–Kier alpha value is -3.42. The molecule has 1 fully saturated rings. The normalized spacial score (nSPS) is 16.2. The Morgan fingerprint density at radius 3 is 2.44 bits per heavy atom. The fourth-order valence-corrected chi connectivity index (χ4v) is 4.26. The molecule has 1 aliphatic rings. The number of halogens is 2. The third-order valence-corrected chi connectivity index (χ3v) is 6.02. The molecule has 3 aromatic rings. The zero-order valence-corrected chi connectivity index (χ0v) is 18.1. The molecule has 8 heteroatoms. The first-order valence-electron chi connectivity index (χ1n) is 9.54. The summed E-state index contributed by atoms with van der Waals surface area (Å²) in [5.41, 5.74) is 1.69. The molecule has 1 heterocycles. The van der Waals surface area contributed by atoms with Gasteiger partial charge in [-0.1, -0.05) is 48.0 Å². The first-order valence-corrected chi connectivity index (χ1v) is 10.7. The van der Waals surface area contributed by atoms with E-state index < -0.39 is 11.8 Å². The van der Waals surface area contributed by atoms with Crippen LogP contribution < -0.4 is 0 Å². The lowest BCUT2D eigenvalue weighted by Crippen LogP contribution is -2.28. The van der Waals surface area contributed by atoms with Crippen molar-refractivity contribution in [1.29, 1.82) is 0 Å². The largest absolute Gasteiger partial charge is 0.478 e. The Morgan fingerprint density at radius 1 is 1.06 bits per heavy atom. The van der Waals surface area contributed by atoms with E-state index in [1.165, 1.54) is 35.2 Å². The highest BCUT2D eigenvalue weighted by Crippen LogP contribution is 2.36. The molecule has 0 aromatic heterocycles. The minimum absolute atomic E-state index is 0.136. The second kappa shape index (κ2) is 9.38. The molecule has 3 aromatic carbocycles. The lowest BCUT2D eigenvalue weighted by Gasteiger charge is -2.16. The maximum Gasteiger partial charge on any atom is 0.335 e. The summed E-state index contributed by atoms with van der Waals surface area (Å²) in [6, 6.07) is 19.8. The first-order chi connectivity index (χ1) is 15.4. The number of amidine groups is 1. The van der Waals surface area contributed by atoms with Crippen LogP contribution in [0.25, 0.3) is 6.08 Å². The fourth-order valence-electron chi connectivity index (χ4n) is 3.06. The van der Waals surface area contributed by atoms with Crippen LogP contribution >= 0.6 is 23.4 Å². The van der Waals surface area contributed by atoms with E-state index in [2.05, 4.69) is 4.99 Å². The number of carboxylic acid groups (broad SMARTS) is 1.